The number of aromatic nitrogens is 1. The fraction of sp³-hybridized carbons (Fsp3) is 0.333. The summed E-state index contributed by atoms with van der Waals surface area (Å²) >= 11 is 5.12. The Morgan fingerprint density at radius 3 is 3.04 bits per heavy atom. The molecular weight excluding hydrogens is 356 g/mol. The smallest absolute Gasteiger partial charge is 0.232 e. The lowest BCUT2D eigenvalue weighted by molar-refractivity contribution is -0.129. The first kappa shape index (κ1) is 16.1. The van der Waals surface area contributed by atoms with E-state index in [4.69, 9.17) is 4.98 Å². The zero-order chi connectivity index (χ0) is 16.4. The summed E-state index contributed by atoms with van der Waals surface area (Å²) in [6.45, 7) is 1.69. The maximum Gasteiger partial charge on any atom is 0.232 e. The van der Waals surface area contributed by atoms with E-state index in [1.165, 1.54) is 13.9 Å². The van der Waals surface area contributed by atoms with Gasteiger partial charge in [-0.3, -0.25) is 4.79 Å². The lowest BCUT2D eigenvalue weighted by Crippen LogP contribution is -2.40. The van der Waals surface area contributed by atoms with Crippen LogP contribution in [0.3, 0.4) is 0 Å². The van der Waals surface area contributed by atoms with Gasteiger partial charge in [-0.05, 0) is 36.4 Å². The van der Waals surface area contributed by atoms with Crippen molar-refractivity contribution in [1.82, 2.24) is 9.88 Å². The van der Waals surface area contributed by atoms with E-state index >= 15 is 0 Å². The normalized spacial score (nSPS) is 18.2. The first-order valence-corrected chi connectivity index (χ1v) is 10.8. The summed E-state index contributed by atoms with van der Waals surface area (Å²) in [6, 6.07) is 12.4. The predicted octanol–water partition coefficient (Wildman–Crippen LogP) is 4.86. The van der Waals surface area contributed by atoms with Crippen LogP contribution in [0.25, 0.3) is 10.2 Å². The zero-order valence-electron chi connectivity index (χ0n) is 13.2. The van der Waals surface area contributed by atoms with Crippen molar-refractivity contribution < 1.29 is 4.79 Å². The number of thioether (sulfide) groups is 1. The molecule has 2 aromatic heterocycles. The SMILES string of the molecule is O=C(CSc1cccs1)N1CCC[C@H](c2nc3ccccc3s2)C1. The number of fused-ring (bicyclic) bond motifs is 1. The molecule has 1 saturated heterocycles. The molecule has 0 aliphatic carbocycles. The first-order chi connectivity index (χ1) is 11.8. The molecule has 1 aromatic carbocycles. The Labute approximate surface area is 153 Å². The van der Waals surface area contributed by atoms with Crippen molar-refractivity contribution in [2.24, 2.45) is 0 Å². The molecule has 3 heterocycles. The third-order valence-corrected chi connectivity index (χ3v) is 7.58. The monoisotopic (exact) mass is 374 g/mol. The van der Waals surface area contributed by atoms with E-state index < -0.39 is 0 Å². The number of hydrogen-bond donors (Lipinski definition) is 0. The largest absolute Gasteiger partial charge is 0.341 e. The molecule has 0 N–H and O–H groups in total. The van der Waals surface area contributed by atoms with E-state index in [0.29, 0.717) is 11.7 Å². The minimum atomic E-state index is 0.249. The molecule has 0 spiro atoms. The molecule has 4 rings (SSSR count). The molecule has 1 fully saturated rings. The average Bonchev–Trinajstić information content (AvgIpc) is 3.29. The molecule has 0 saturated carbocycles. The van der Waals surface area contributed by atoms with Gasteiger partial charge in [-0.1, -0.05) is 18.2 Å². The van der Waals surface area contributed by atoms with E-state index in [-0.39, 0.29) is 5.91 Å². The molecule has 1 aliphatic heterocycles. The summed E-state index contributed by atoms with van der Waals surface area (Å²) in [5.41, 5.74) is 1.08. The molecule has 124 valence electrons. The van der Waals surface area contributed by atoms with Crippen LogP contribution in [0, 0.1) is 0 Å². The number of likely N-dealkylation sites (tertiary alicyclic amines) is 1. The summed E-state index contributed by atoms with van der Waals surface area (Å²) in [7, 11) is 0. The molecule has 0 unspecified atom stereocenters. The fourth-order valence-corrected chi connectivity index (χ4v) is 5.82. The van der Waals surface area contributed by atoms with Gasteiger partial charge in [0.15, 0.2) is 0 Å². The zero-order valence-corrected chi connectivity index (χ0v) is 15.6. The molecule has 6 heteroatoms. The van der Waals surface area contributed by atoms with E-state index in [2.05, 4.69) is 29.6 Å². The Balaban J connectivity index is 1.42. The molecule has 0 bridgehead atoms. The lowest BCUT2D eigenvalue weighted by atomic mass is 9.99. The van der Waals surface area contributed by atoms with E-state index in [1.54, 1.807) is 34.4 Å². The molecule has 24 heavy (non-hydrogen) atoms. The van der Waals surface area contributed by atoms with Crippen molar-refractivity contribution in [2.75, 3.05) is 18.8 Å². The number of rotatable bonds is 4. The number of hydrogen-bond acceptors (Lipinski definition) is 5. The number of piperidine rings is 1. The number of para-hydroxylation sites is 1. The highest BCUT2D eigenvalue weighted by Gasteiger charge is 2.26. The Kier molecular flexibility index (Phi) is 4.87. The van der Waals surface area contributed by atoms with Crippen molar-refractivity contribution >= 4 is 50.6 Å². The summed E-state index contributed by atoms with van der Waals surface area (Å²) in [6.07, 6.45) is 2.19. The molecule has 0 radical (unpaired) electrons. The van der Waals surface area contributed by atoms with Crippen LogP contribution in [0.15, 0.2) is 46.0 Å². The number of nitrogens with zero attached hydrogens (tertiary/aromatic N) is 2. The van der Waals surface area contributed by atoms with Crippen LogP contribution >= 0.6 is 34.4 Å². The average molecular weight is 375 g/mol. The highest BCUT2D eigenvalue weighted by atomic mass is 32.2. The highest BCUT2D eigenvalue weighted by molar-refractivity contribution is 8.01. The minimum absolute atomic E-state index is 0.249. The Bertz CT molecular complexity index is 795. The van der Waals surface area contributed by atoms with Crippen molar-refractivity contribution in [2.45, 2.75) is 23.0 Å². The van der Waals surface area contributed by atoms with Crippen LogP contribution in [0.1, 0.15) is 23.8 Å². The highest BCUT2D eigenvalue weighted by Crippen LogP contribution is 2.33. The van der Waals surface area contributed by atoms with Gasteiger partial charge < -0.3 is 4.90 Å². The van der Waals surface area contributed by atoms with Crippen molar-refractivity contribution in [3.8, 4) is 0 Å². The van der Waals surface area contributed by atoms with Crippen LogP contribution in [0.5, 0.6) is 0 Å². The first-order valence-electron chi connectivity index (χ1n) is 8.09. The van der Waals surface area contributed by atoms with Gasteiger partial charge in [0, 0.05) is 19.0 Å². The minimum Gasteiger partial charge on any atom is -0.341 e. The summed E-state index contributed by atoms with van der Waals surface area (Å²) < 4.78 is 2.45. The Hall–Kier alpha value is -1.37. The Morgan fingerprint density at radius 2 is 2.21 bits per heavy atom. The predicted molar refractivity (Wildman–Crippen MR) is 103 cm³/mol. The standard InChI is InChI=1S/C18H18N2OS3/c21-16(12-23-17-8-4-10-22-17)20-9-3-5-13(11-20)18-19-14-6-1-2-7-15(14)24-18/h1-2,4,6-8,10,13H,3,5,9,11-12H2/t13-/m0/s1. The van der Waals surface area contributed by atoms with E-state index in [1.807, 2.05) is 17.0 Å². The van der Waals surface area contributed by atoms with Crippen LogP contribution in [0.2, 0.25) is 0 Å². The third kappa shape index (κ3) is 3.50. The molecule has 1 amide bonds. The number of carbonyl (C=O) groups excluding carboxylic acids is 1. The van der Waals surface area contributed by atoms with Gasteiger partial charge in [0.05, 0.1) is 25.2 Å². The van der Waals surface area contributed by atoms with Crippen LogP contribution < -0.4 is 0 Å². The van der Waals surface area contributed by atoms with Gasteiger partial charge in [-0.15, -0.1) is 34.4 Å². The second kappa shape index (κ2) is 7.25. The quantitative estimate of drug-likeness (QED) is 0.612. The number of carbonyl (C=O) groups is 1. The van der Waals surface area contributed by atoms with E-state index in [9.17, 15) is 4.79 Å². The molecule has 3 aromatic rings. The topological polar surface area (TPSA) is 33.2 Å². The van der Waals surface area contributed by atoms with Gasteiger partial charge >= 0.3 is 0 Å². The van der Waals surface area contributed by atoms with Gasteiger partial charge in [0.25, 0.3) is 0 Å². The summed E-state index contributed by atoms with van der Waals surface area (Å²) in [5, 5.41) is 3.23. The van der Waals surface area contributed by atoms with Gasteiger partial charge in [-0.2, -0.15) is 0 Å². The second-order valence-corrected chi connectivity index (χ2v) is 9.21. The number of thiazole rings is 1. The fourth-order valence-electron chi connectivity index (χ4n) is 3.04. The number of thiophene rings is 1. The van der Waals surface area contributed by atoms with Crippen LogP contribution in [0.4, 0.5) is 0 Å². The van der Waals surface area contributed by atoms with Crippen LogP contribution in [-0.2, 0) is 4.79 Å². The second-order valence-electron chi connectivity index (χ2n) is 5.92. The summed E-state index contributed by atoms with van der Waals surface area (Å²) in [5.74, 6) is 1.17. The molecule has 3 nitrogen and oxygen atoms in total. The third-order valence-electron chi connectivity index (χ3n) is 4.27. The molecule has 1 atom stereocenters. The molecular formula is C18H18N2OS3. The van der Waals surface area contributed by atoms with E-state index in [0.717, 1.165) is 31.4 Å². The maximum absolute atomic E-state index is 12.5. The number of benzene rings is 1. The molecule has 1 aliphatic rings. The van der Waals surface area contributed by atoms with Crippen molar-refractivity contribution in [3.05, 3.63) is 46.8 Å². The lowest BCUT2D eigenvalue weighted by Gasteiger charge is -2.31. The van der Waals surface area contributed by atoms with Gasteiger partial charge in [0.1, 0.15) is 0 Å². The maximum atomic E-state index is 12.5. The van der Waals surface area contributed by atoms with Crippen molar-refractivity contribution in [1.29, 1.82) is 0 Å². The van der Waals surface area contributed by atoms with Crippen molar-refractivity contribution in [3.63, 3.8) is 0 Å². The summed E-state index contributed by atoms with van der Waals surface area (Å²) in [4.78, 5) is 19.4. The van der Waals surface area contributed by atoms with Gasteiger partial charge in [0.2, 0.25) is 5.91 Å². The van der Waals surface area contributed by atoms with Gasteiger partial charge in [-0.25, -0.2) is 4.98 Å². The Morgan fingerprint density at radius 1 is 1.29 bits per heavy atom. The number of amides is 1. The van der Waals surface area contributed by atoms with Crippen LogP contribution in [-0.4, -0.2) is 34.6 Å².